The SMILES string of the molecule is Cc1cccc(C(=O)NC2CCCC2Br)c1Cl. The van der Waals surface area contributed by atoms with Crippen molar-refractivity contribution in [1.82, 2.24) is 5.32 Å². The van der Waals surface area contributed by atoms with Crippen molar-refractivity contribution in [1.29, 1.82) is 0 Å². The molecular weight excluding hydrogens is 302 g/mol. The molecule has 1 aliphatic rings. The quantitative estimate of drug-likeness (QED) is 0.828. The molecule has 2 rings (SSSR count). The van der Waals surface area contributed by atoms with Crippen LogP contribution in [0.3, 0.4) is 0 Å². The van der Waals surface area contributed by atoms with Crippen LogP contribution >= 0.6 is 27.5 Å². The first kappa shape index (κ1) is 12.9. The highest BCUT2D eigenvalue weighted by atomic mass is 79.9. The van der Waals surface area contributed by atoms with Crippen molar-refractivity contribution >= 4 is 33.4 Å². The normalized spacial score (nSPS) is 23.7. The van der Waals surface area contributed by atoms with Crippen LogP contribution in [0, 0.1) is 6.92 Å². The average molecular weight is 317 g/mol. The summed E-state index contributed by atoms with van der Waals surface area (Å²) in [6.45, 7) is 1.90. The Morgan fingerprint density at radius 2 is 2.24 bits per heavy atom. The number of carbonyl (C=O) groups excluding carboxylic acids is 1. The van der Waals surface area contributed by atoms with Crippen LogP contribution in [0.25, 0.3) is 0 Å². The van der Waals surface area contributed by atoms with Crippen LogP contribution in [0.1, 0.15) is 35.2 Å². The second-order valence-corrected chi connectivity index (χ2v) is 6.02. The molecular formula is C13H15BrClNO. The smallest absolute Gasteiger partial charge is 0.253 e. The van der Waals surface area contributed by atoms with Gasteiger partial charge in [0.1, 0.15) is 0 Å². The molecule has 1 N–H and O–H groups in total. The number of hydrogen-bond donors (Lipinski definition) is 1. The van der Waals surface area contributed by atoms with Crippen LogP contribution < -0.4 is 5.32 Å². The first-order chi connectivity index (χ1) is 8.09. The summed E-state index contributed by atoms with van der Waals surface area (Å²) in [5.74, 6) is -0.0740. The molecule has 4 heteroatoms. The number of benzene rings is 1. The van der Waals surface area contributed by atoms with Gasteiger partial charge in [-0.25, -0.2) is 0 Å². The maximum Gasteiger partial charge on any atom is 0.253 e. The minimum atomic E-state index is -0.0740. The Kier molecular flexibility index (Phi) is 4.10. The van der Waals surface area contributed by atoms with Crippen LogP contribution in [0.5, 0.6) is 0 Å². The van der Waals surface area contributed by atoms with Crippen molar-refractivity contribution in [2.24, 2.45) is 0 Å². The maximum atomic E-state index is 12.1. The van der Waals surface area contributed by atoms with Gasteiger partial charge in [-0.05, 0) is 31.4 Å². The van der Waals surface area contributed by atoms with Crippen molar-refractivity contribution in [2.45, 2.75) is 37.1 Å². The molecule has 1 fully saturated rings. The van der Waals surface area contributed by atoms with E-state index in [1.807, 2.05) is 19.1 Å². The topological polar surface area (TPSA) is 29.1 Å². The Hall–Kier alpha value is -0.540. The van der Waals surface area contributed by atoms with Crippen molar-refractivity contribution in [3.63, 3.8) is 0 Å². The van der Waals surface area contributed by atoms with Crippen molar-refractivity contribution in [2.75, 3.05) is 0 Å². The Bertz CT molecular complexity index is 435. The van der Waals surface area contributed by atoms with Gasteiger partial charge in [0, 0.05) is 10.9 Å². The molecule has 17 heavy (non-hydrogen) atoms. The summed E-state index contributed by atoms with van der Waals surface area (Å²) < 4.78 is 0. The number of rotatable bonds is 2. The molecule has 1 aromatic rings. The molecule has 2 nitrogen and oxygen atoms in total. The van der Waals surface area contributed by atoms with Gasteiger partial charge in [-0.15, -0.1) is 0 Å². The van der Waals surface area contributed by atoms with Crippen LogP contribution in [0.2, 0.25) is 5.02 Å². The zero-order valence-corrected chi connectivity index (χ0v) is 12.0. The molecule has 0 heterocycles. The number of nitrogens with one attached hydrogen (secondary N) is 1. The van der Waals surface area contributed by atoms with E-state index in [2.05, 4.69) is 21.2 Å². The highest BCUT2D eigenvalue weighted by molar-refractivity contribution is 9.09. The van der Waals surface area contributed by atoms with E-state index in [0.717, 1.165) is 24.8 Å². The molecule has 1 aliphatic carbocycles. The van der Waals surface area contributed by atoms with E-state index in [1.165, 1.54) is 0 Å². The fourth-order valence-electron chi connectivity index (χ4n) is 2.15. The zero-order chi connectivity index (χ0) is 12.4. The molecule has 1 aromatic carbocycles. The molecule has 0 aromatic heterocycles. The van der Waals surface area contributed by atoms with Gasteiger partial charge in [0.15, 0.2) is 0 Å². The predicted molar refractivity (Wildman–Crippen MR) is 74.0 cm³/mol. The summed E-state index contributed by atoms with van der Waals surface area (Å²) in [7, 11) is 0. The summed E-state index contributed by atoms with van der Waals surface area (Å²) in [6, 6.07) is 5.75. The average Bonchev–Trinajstić information content (AvgIpc) is 2.68. The lowest BCUT2D eigenvalue weighted by atomic mass is 10.1. The number of alkyl halides is 1. The monoisotopic (exact) mass is 315 g/mol. The molecule has 2 atom stereocenters. The fourth-order valence-corrected chi connectivity index (χ4v) is 3.08. The van der Waals surface area contributed by atoms with Crippen molar-refractivity contribution in [3.05, 3.63) is 34.3 Å². The number of aryl methyl sites for hydroxylation is 1. The lowest BCUT2D eigenvalue weighted by Crippen LogP contribution is -2.37. The van der Waals surface area contributed by atoms with E-state index in [-0.39, 0.29) is 11.9 Å². The van der Waals surface area contributed by atoms with Gasteiger partial charge in [-0.1, -0.05) is 46.1 Å². The second-order valence-electron chi connectivity index (χ2n) is 4.46. The van der Waals surface area contributed by atoms with Gasteiger partial charge in [-0.3, -0.25) is 4.79 Å². The number of carbonyl (C=O) groups is 1. The summed E-state index contributed by atoms with van der Waals surface area (Å²) in [6.07, 6.45) is 3.31. The van der Waals surface area contributed by atoms with Gasteiger partial charge >= 0.3 is 0 Å². The fraction of sp³-hybridized carbons (Fsp3) is 0.462. The third-order valence-electron chi connectivity index (χ3n) is 3.18. The van der Waals surface area contributed by atoms with Gasteiger partial charge in [0.2, 0.25) is 0 Å². The van der Waals surface area contributed by atoms with E-state index in [1.54, 1.807) is 6.07 Å². The van der Waals surface area contributed by atoms with Crippen molar-refractivity contribution < 1.29 is 4.79 Å². The Morgan fingerprint density at radius 3 is 2.88 bits per heavy atom. The first-order valence-electron chi connectivity index (χ1n) is 5.79. The number of amides is 1. The van der Waals surface area contributed by atoms with E-state index in [4.69, 9.17) is 11.6 Å². The van der Waals surface area contributed by atoms with E-state index >= 15 is 0 Å². The van der Waals surface area contributed by atoms with Gasteiger partial charge in [-0.2, -0.15) is 0 Å². The minimum Gasteiger partial charge on any atom is -0.348 e. The molecule has 1 saturated carbocycles. The van der Waals surface area contributed by atoms with Gasteiger partial charge < -0.3 is 5.32 Å². The Morgan fingerprint density at radius 1 is 1.47 bits per heavy atom. The molecule has 92 valence electrons. The molecule has 0 radical (unpaired) electrons. The molecule has 0 spiro atoms. The lowest BCUT2D eigenvalue weighted by Gasteiger charge is -2.16. The van der Waals surface area contributed by atoms with Crippen LogP contribution in [-0.4, -0.2) is 16.8 Å². The standard InChI is InChI=1S/C13H15BrClNO/c1-8-4-2-5-9(12(8)15)13(17)16-11-7-3-6-10(11)14/h2,4-5,10-11H,3,6-7H2,1H3,(H,16,17). The Balaban J connectivity index is 2.12. The maximum absolute atomic E-state index is 12.1. The predicted octanol–water partition coefficient (Wildman–Crippen LogP) is 3.69. The third-order valence-corrected chi connectivity index (χ3v) is 4.78. The van der Waals surface area contributed by atoms with E-state index < -0.39 is 0 Å². The minimum absolute atomic E-state index is 0.0740. The third kappa shape index (κ3) is 2.83. The molecule has 0 bridgehead atoms. The summed E-state index contributed by atoms with van der Waals surface area (Å²) in [5, 5.41) is 3.59. The van der Waals surface area contributed by atoms with Crippen LogP contribution in [0.4, 0.5) is 0 Å². The Labute approximate surface area is 115 Å². The van der Waals surface area contributed by atoms with Gasteiger partial charge in [0.05, 0.1) is 10.6 Å². The largest absolute Gasteiger partial charge is 0.348 e. The highest BCUT2D eigenvalue weighted by Crippen LogP contribution is 2.26. The zero-order valence-electron chi connectivity index (χ0n) is 9.67. The molecule has 0 aliphatic heterocycles. The summed E-state index contributed by atoms with van der Waals surface area (Å²) in [5.41, 5.74) is 1.50. The summed E-state index contributed by atoms with van der Waals surface area (Å²) in [4.78, 5) is 12.5. The first-order valence-corrected chi connectivity index (χ1v) is 7.09. The van der Waals surface area contributed by atoms with E-state index in [9.17, 15) is 4.79 Å². The molecule has 2 unspecified atom stereocenters. The van der Waals surface area contributed by atoms with Gasteiger partial charge in [0.25, 0.3) is 5.91 Å². The van der Waals surface area contributed by atoms with Crippen LogP contribution in [-0.2, 0) is 0 Å². The second kappa shape index (κ2) is 5.40. The lowest BCUT2D eigenvalue weighted by molar-refractivity contribution is 0.0939. The molecule has 0 saturated heterocycles. The highest BCUT2D eigenvalue weighted by Gasteiger charge is 2.27. The number of hydrogen-bond acceptors (Lipinski definition) is 1. The summed E-state index contributed by atoms with van der Waals surface area (Å²) >= 11 is 9.73. The molecule has 1 amide bonds. The number of halogens is 2. The van der Waals surface area contributed by atoms with Crippen molar-refractivity contribution in [3.8, 4) is 0 Å². The van der Waals surface area contributed by atoms with E-state index in [0.29, 0.717) is 15.4 Å². The van der Waals surface area contributed by atoms with Crippen LogP contribution in [0.15, 0.2) is 18.2 Å².